The predicted molar refractivity (Wildman–Crippen MR) is 65.8 cm³/mol. The third-order valence-electron chi connectivity index (χ3n) is 3.00. The number of rotatable bonds is 4. The highest BCUT2D eigenvalue weighted by atomic mass is 16.5. The zero-order chi connectivity index (χ0) is 13.0. The molecular weight excluding hydrogens is 216 g/mol. The fraction of sp³-hybridized carbons (Fsp3) is 0.429. The lowest BCUT2D eigenvalue weighted by Crippen LogP contribution is -2.27. The minimum Gasteiger partial charge on any atom is -0.426 e. The Kier molecular flexibility index (Phi) is 4.44. The Bertz CT molecular complexity index is 406. The van der Waals surface area contributed by atoms with Crippen molar-refractivity contribution in [1.82, 2.24) is 0 Å². The van der Waals surface area contributed by atoms with Crippen molar-refractivity contribution in [2.45, 2.75) is 27.7 Å². The van der Waals surface area contributed by atoms with Gasteiger partial charge in [0, 0.05) is 5.92 Å². The molecule has 0 aliphatic carbocycles. The van der Waals surface area contributed by atoms with Gasteiger partial charge in [0.05, 0.1) is 5.92 Å². The molecule has 0 bridgehead atoms. The number of ketones is 1. The monoisotopic (exact) mass is 234 g/mol. The molecule has 0 amide bonds. The summed E-state index contributed by atoms with van der Waals surface area (Å²) in [5, 5.41) is 0. The first-order chi connectivity index (χ1) is 7.91. The molecule has 0 radical (unpaired) electrons. The van der Waals surface area contributed by atoms with Gasteiger partial charge in [-0.15, -0.1) is 0 Å². The molecule has 2 unspecified atom stereocenters. The first kappa shape index (κ1) is 13.4. The van der Waals surface area contributed by atoms with Gasteiger partial charge >= 0.3 is 5.97 Å². The second-order valence-electron chi connectivity index (χ2n) is 4.42. The Balaban J connectivity index is 2.66. The third-order valence-corrected chi connectivity index (χ3v) is 3.00. The maximum Gasteiger partial charge on any atom is 0.314 e. The maximum absolute atomic E-state index is 11.8. The highest BCUT2D eigenvalue weighted by molar-refractivity contribution is 5.85. The molecule has 0 saturated heterocycles. The Hall–Kier alpha value is -1.64. The lowest BCUT2D eigenvalue weighted by Gasteiger charge is -2.15. The van der Waals surface area contributed by atoms with Crippen molar-refractivity contribution in [2.75, 3.05) is 0 Å². The smallest absolute Gasteiger partial charge is 0.314 e. The van der Waals surface area contributed by atoms with Crippen LogP contribution in [0.25, 0.3) is 0 Å². The summed E-state index contributed by atoms with van der Waals surface area (Å²) in [4.78, 5) is 22.9. The number of carbonyl (C=O) groups is 2. The highest BCUT2D eigenvalue weighted by Crippen LogP contribution is 2.17. The van der Waals surface area contributed by atoms with Crippen molar-refractivity contribution in [3.63, 3.8) is 0 Å². The summed E-state index contributed by atoms with van der Waals surface area (Å²) in [7, 11) is 0. The van der Waals surface area contributed by atoms with Crippen LogP contribution < -0.4 is 4.74 Å². The number of carbonyl (C=O) groups excluding carboxylic acids is 2. The second kappa shape index (κ2) is 5.62. The van der Waals surface area contributed by atoms with Crippen LogP contribution in [0.1, 0.15) is 26.3 Å². The molecule has 3 nitrogen and oxygen atoms in total. The van der Waals surface area contributed by atoms with Gasteiger partial charge in [-0.2, -0.15) is 0 Å². The molecule has 0 N–H and O–H groups in total. The van der Waals surface area contributed by atoms with Crippen LogP contribution >= 0.6 is 0 Å². The first-order valence-electron chi connectivity index (χ1n) is 5.70. The SMILES string of the molecule is CC(=O)C(C)C(C)C(=O)Oc1ccc(C)cc1. The minimum absolute atomic E-state index is 0.00152. The fourth-order valence-electron chi connectivity index (χ4n) is 1.37. The molecule has 92 valence electrons. The molecule has 0 aromatic heterocycles. The fourth-order valence-corrected chi connectivity index (χ4v) is 1.37. The molecule has 2 atom stereocenters. The molecule has 17 heavy (non-hydrogen) atoms. The second-order valence-corrected chi connectivity index (χ2v) is 4.42. The van der Waals surface area contributed by atoms with Crippen LogP contribution in [-0.2, 0) is 9.59 Å². The van der Waals surface area contributed by atoms with Crippen LogP contribution in [0.2, 0.25) is 0 Å². The van der Waals surface area contributed by atoms with Gasteiger partial charge in [-0.05, 0) is 26.0 Å². The molecule has 1 rings (SSSR count). The van der Waals surface area contributed by atoms with E-state index in [1.54, 1.807) is 26.0 Å². The van der Waals surface area contributed by atoms with Gasteiger partial charge in [0.25, 0.3) is 0 Å². The van der Waals surface area contributed by atoms with Gasteiger partial charge in [0.1, 0.15) is 11.5 Å². The van der Waals surface area contributed by atoms with Crippen LogP contribution in [0.3, 0.4) is 0 Å². The number of benzene rings is 1. The highest BCUT2D eigenvalue weighted by Gasteiger charge is 2.25. The molecule has 0 fully saturated rings. The van der Waals surface area contributed by atoms with Crippen molar-refractivity contribution in [1.29, 1.82) is 0 Å². The predicted octanol–water partition coefficient (Wildman–Crippen LogP) is 2.76. The molecular formula is C14H18O3. The van der Waals surface area contributed by atoms with E-state index in [9.17, 15) is 9.59 Å². The van der Waals surface area contributed by atoms with E-state index in [1.165, 1.54) is 6.92 Å². The third kappa shape index (κ3) is 3.70. The van der Waals surface area contributed by atoms with Crippen LogP contribution in [0.4, 0.5) is 0 Å². The molecule has 0 saturated carbocycles. The maximum atomic E-state index is 11.8. The first-order valence-corrected chi connectivity index (χ1v) is 5.70. The van der Waals surface area contributed by atoms with Gasteiger partial charge in [0.15, 0.2) is 0 Å². The van der Waals surface area contributed by atoms with Crippen molar-refractivity contribution >= 4 is 11.8 Å². The minimum atomic E-state index is -0.422. The Morgan fingerprint density at radius 2 is 1.59 bits per heavy atom. The standard InChI is InChI=1S/C14H18O3/c1-9-5-7-13(8-6-9)17-14(16)11(3)10(2)12(4)15/h5-8,10-11H,1-4H3. The zero-order valence-electron chi connectivity index (χ0n) is 10.7. The van der Waals surface area contributed by atoms with Gasteiger partial charge < -0.3 is 4.74 Å². The Morgan fingerprint density at radius 1 is 1.06 bits per heavy atom. The molecule has 1 aromatic rings. The van der Waals surface area contributed by atoms with E-state index in [0.717, 1.165) is 5.56 Å². The topological polar surface area (TPSA) is 43.4 Å². The van der Waals surface area contributed by atoms with E-state index in [4.69, 9.17) is 4.74 Å². The van der Waals surface area contributed by atoms with E-state index in [1.807, 2.05) is 19.1 Å². The summed E-state index contributed by atoms with van der Waals surface area (Å²) in [5.74, 6) is -0.583. The number of Topliss-reactive ketones (excluding diaryl/α,β-unsaturated/α-hetero) is 1. The molecule has 0 aliphatic heterocycles. The van der Waals surface area contributed by atoms with E-state index in [-0.39, 0.29) is 17.7 Å². The van der Waals surface area contributed by atoms with Crippen molar-refractivity contribution < 1.29 is 14.3 Å². The Morgan fingerprint density at radius 3 is 2.06 bits per heavy atom. The van der Waals surface area contributed by atoms with Crippen LogP contribution in [-0.4, -0.2) is 11.8 Å². The lowest BCUT2D eigenvalue weighted by molar-refractivity contribution is -0.142. The van der Waals surface area contributed by atoms with Crippen molar-refractivity contribution in [3.8, 4) is 5.75 Å². The number of aryl methyl sites for hydroxylation is 1. The summed E-state index contributed by atoms with van der Waals surface area (Å²) >= 11 is 0. The summed E-state index contributed by atoms with van der Waals surface area (Å²) in [6.45, 7) is 6.90. The zero-order valence-corrected chi connectivity index (χ0v) is 10.7. The average molecular weight is 234 g/mol. The molecule has 0 spiro atoms. The molecule has 0 aliphatic rings. The molecule has 0 heterocycles. The Labute approximate surface area is 102 Å². The van der Waals surface area contributed by atoms with E-state index < -0.39 is 5.92 Å². The quantitative estimate of drug-likeness (QED) is 0.594. The summed E-state index contributed by atoms with van der Waals surface area (Å²) in [6, 6.07) is 7.25. The largest absolute Gasteiger partial charge is 0.426 e. The van der Waals surface area contributed by atoms with Gasteiger partial charge in [0.2, 0.25) is 0 Å². The average Bonchev–Trinajstić information content (AvgIpc) is 2.30. The summed E-state index contributed by atoms with van der Waals surface area (Å²) in [6.07, 6.45) is 0. The van der Waals surface area contributed by atoms with Crippen molar-refractivity contribution in [2.24, 2.45) is 11.8 Å². The van der Waals surface area contributed by atoms with Crippen molar-refractivity contribution in [3.05, 3.63) is 29.8 Å². The van der Waals surface area contributed by atoms with Gasteiger partial charge in [-0.1, -0.05) is 31.5 Å². The molecule has 1 aromatic carbocycles. The summed E-state index contributed by atoms with van der Waals surface area (Å²) < 4.78 is 5.21. The normalized spacial score (nSPS) is 13.9. The van der Waals surface area contributed by atoms with E-state index in [0.29, 0.717) is 5.75 Å². The van der Waals surface area contributed by atoms with E-state index >= 15 is 0 Å². The van der Waals surface area contributed by atoms with Gasteiger partial charge in [-0.3, -0.25) is 9.59 Å². The van der Waals surface area contributed by atoms with Crippen LogP contribution in [0.15, 0.2) is 24.3 Å². The number of ether oxygens (including phenoxy) is 1. The van der Waals surface area contributed by atoms with Gasteiger partial charge in [-0.25, -0.2) is 0 Å². The number of hydrogen-bond acceptors (Lipinski definition) is 3. The van der Waals surface area contributed by atoms with Crippen LogP contribution in [0, 0.1) is 18.8 Å². The summed E-state index contributed by atoms with van der Waals surface area (Å²) in [5.41, 5.74) is 1.11. The molecule has 3 heteroatoms. The number of esters is 1. The lowest BCUT2D eigenvalue weighted by atomic mass is 9.93. The van der Waals surface area contributed by atoms with Crippen LogP contribution in [0.5, 0.6) is 5.75 Å². The van der Waals surface area contributed by atoms with E-state index in [2.05, 4.69) is 0 Å². The number of hydrogen-bond donors (Lipinski definition) is 0.